The lowest BCUT2D eigenvalue weighted by Gasteiger charge is -2.09. The van der Waals surface area contributed by atoms with E-state index in [0.29, 0.717) is 6.42 Å². The van der Waals surface area contributed by atoms with Crippen molar-refractivity contribution in [3.8, 4) is 11.1 Å². The molecule has 1 heterocycles. The summed E-state index contributed by atoms with van der Waals surface area (Å²) in [6.07, 6.45) is 3.81. The van der Waals surface area contributed by atoms with Gasteiger partial charge >= 0.3 is 5.97 Å². The van der Waals surface area contributed by atoms with Crippen molar-refractivity contribution in [1.82, 2.24) is 10.2 Å². The molecule has 1 aromatic heterocycles. The van der Waals surface area contributed by atoms with E-state index in [1.807, 2.05) is 30.3 Å². The van der Waals surface area contributed by atoms with Crippen LogP contribution in [-0.2, 0) is 16.0 Å². The van der Waals surface area contributed by atoms with Crippen LogP contribution in [0.15, 0.2) is 42.7 Å². The van der Waals surface area contributed by atoms with E-state index in [0.717, 1.165) is 16.7 Å². The Hall–Kier alpha value is -2.27. The predicted octanol–water partition coefficient (Wildman–Crippen LogP) is 1.19. The van der Waals surface area contributed by atoms with Gasteiger partial charge in [-0.3, -0.25) is 4.79 Å². The molecule has 0 fully saturated rings. The fraction of sp³-hybridized carbons (Fsp3) is 0.214. The molecule has 0 saturated carbocycles. The van der Waals surface area contributed by atoms with Crippen LogP contribution in [0.25, 0.3) is 11.1 Å². The maximum absolute atomic E-state index is 11.2. The molecule has 1 atom stereocenters. The van der Waals surface area contributed by atoms with Gasteiger partial charge in [0.25, 0.3) is 0 Å². The number of hydrogen-bond donors (Lipinski definition) is 1. The first-order valence-electron chi connectivity index (χ1n) is 5.90. The fourth-order valence-electron chi connectivity index (χ4n) is 1.78. The van der Waals surface area contributed by atoms with Gasteiger partial charge in [-0.15, -0.1) is 0 Å². The van der Waals surface area contributed by atoms with E-state index < -0.39 is 12.0 Å². The molecule has 0 saturated heterocycles. The molecule has 2 aromatic rings. The molecule has 0 bridgehead atoms. The lowest BCUT2D eigenvalue weighted by atomic mass is 10.0. The second kappa shape index (κ2) is 6.06. The summed E-state index contributed by atoms with van der Waals surface area (Å²) in [6, 6.07) is 9.09. The van der Waals surface area contributed by atoms with Crippen LogP contribution in [0, 0.1) is 0 Å². The van der Waals surface area contributed by atoms with Crippen molar-refractivity contribution in [1.29, 1.82) is 0 Å². The average Bonchev–Trinajstić information content (AvgIpc) is 2.48. The van der Waals surface area contributed by atoms with Crippen molar-refractivity contribution in [3.63, 3.8) is 0 Å². The highest BCUT2D eigenvalue weighted by Gasteiger charge is 2.13. The van der Waals surface area contributed by atoms with E-state index in [-0.39, 0.29) is 0 Å². The quantitative estimate of drug-likeness (QED) is 0.832. The number of esters is 1. The molecule has 0 spiro atoms. The molecule has 0 aliphatic rings. The van der Waals surface area contributed by atoms with Crippen molar-refractivity contribution in [2.45, 2.75) is 12.5 Å². The highest BCUT2D eigenvalue weighted by molar-refractivity contribution is 5.75. The van der Waals surface area contributed by atoms with Gasteiger partial charge in [-0.2, -0.15) is 10.2 Å². The number of carbonyl (C=O) groups excluding carboxylic acids is 1. The number of methoxy groups -OCH3 is 1. The summed E-state index contributed by atoms with van der Waals surface area (Å²) in [5.41, 5.74) is 8.75. The zero-order valence-corrected chi connectivity index (χ0v) is 10.6. The zero-order chi connectivity index (χ0) is 13.7. The van der Waals surface area contributed by atoms with Gasteiger partial charge in [0.15, 0.2) is 0 Å². The van der Waals surface area contributed by atoms with Gasteiger partial charge in [0, 0.05) is 5.56 Å². The number of benzene rings is 1. The van der Waals surface area contributed by atoms with Crippen LogP contribution >= 0.6 is 0 Å². The van der Waals surface area contributed by atoms with E-state index in [1.54, 1.807) is 12.4 Å². The molecule has 0 aliphatic carbocycles. The molecule has 1 unspecified atom stereocenters. The molecule has 19 heavy (non-hydrogen) atoms. The van der Waals surface area contributed by atoms with Gasteiger partial charge in [0.05, 0.1) is 19.5 Å². The number of aromatic nitrogens is 2. The Labute approximate surface area is 111 Å². The number of nitrogens with two attached hydrogens (primary N) is 1. The van der Waals surface area contributed by atoms with Crippen molar-refractivity contribution in [2.75, 3.05) is 7.11 Å². The Morgan fingerprint density at radius 1 is 1.21 bits per heavy atom. The number of ether oxygens (including phenoxy) is 1. The fourth-order valence-corrected chi connectivity index (χ4v) is 1.78. The van der Waals surface area contributed by atoms with Crippen molar-refractivity contribution in [3.05, 3.63) is 48.3 Å². The molecule has 2 rings (SSSR count). The SMILES string of the molecule is COC(=O)C(N)Cc1ccc(-c2ccnnc2)cc1. The van der Waals surface area contributed by atoms with Crippen LogP contribution in [0.3, 0.4) is 0 Å². The third-order valence-electron chi connectivity index (χ3n) is 2.83. The lowest BCUT2D eigenvalue weighted by Crippen LogP contribution is -2.33. The van der Waals surface area contributed by atoms with E-state index in [4.69, 9.17) is 5.73 Å². The summed E-state index contributed by atoms with van der Waals surface area (Å²) in [5.74, 6) is -0.401. The summed E-state index contributed by atoms with van der Waals surface area (Å²) in [6.45, 7) is 0. The van der Waals surface area contributed by atoms with Gasteiger partial charge in [-0.25, -0.2) is 0 Å². The minimum absolute atomic E-state index is 0.401. The Morgan fingerprint density at radius 3 is 2.53 bits per heavy atom. The third-order valence-corrected chi connectivity index (χ3v) is 2.83. The highest BCUT2D eigenvalue weighted by Crippen LogP contribution is 2.18. The van der Waals surface area contributed by atoms with Crippen molar-refractivity contribution in [2.24, 2.45) is 5.73 Å². The normalized spacial score (nSPS) is 11.9. The Kier molecular flexibility index (Phi) is 4.20. The molecule has 98 valence electrons. The van der Waals surface area contributed by atoms with Crippen LogP contribution in [0.1, 0.15) is 5.56 Å². The maximum atomic E-state index is 11.2. The van der Waals surface area contributed by atoms with E-state index in [1.165, 1.54) is 7.11 Å². The summed E-state index contributed by atoms with van der Waals surface area (Å²) in [7, 11) is 1.34. The maximum Gasteiger partial charge on any atom is 0.322 e. The lowest BCUT2D eigenvalue weighted by molar-refractivity contribution is -0.142. The summed E-state index contributed by atoms with van der Waals surface area (Å²) < 4.78 is 4.60. The van der Waals surface area contributed by atoms with Gasteiger partial charge in [-0.1, -0.05) is 24.3 Å². The third kappa shape index (κ3) is 3.35. The van der Waals surface area contributed by atoms with Gasteiger partial charge in [0.2, 0.25) is 0 Å². The first-order valence-corrected chi connectivity index (χ1v) is 5.90. The van der Waals surface area contributed by atoms with Crippen molar-refractivity contribution < 1.29 is 9.53 Å². The predicted molar refractivity (Wildman–Crippen MR) is 71.2 cm³/mol. The standard InChI is InChI=1S/C14H15N3O2/c1-19-14(18)13(15)8-10-2-4-11(5-3-10)12-6-7-16-17-9-12/h2-7,9,13H,8,15H2,1H3. The number of carbonyl (C=O) groups is 1. The second-order valence-corrected chi connectivity index (χ2v) is 4.16. The van der Waals surface area contributed by atoms with Gasteiger partial charge in [0.1, 0.15) is 6.04 Å². The van der Waals surface area contributed by atoms with Crippen LogP contribution in [0.5, 0.6) is 0 Å². The first kappa shape index (κ1) is 13.2. The minimum Gasteiger partial charge on any atom is -0.468 e. The van der Waals surface area contributed by atoms with Crippen LogP contribution in [-0.4, -0.2) is 29.3 Å². The van der Waals surface area contributed by atoms with Crippen LogP contribution < -0.4 is 5.73 Å². The average molecular weight is 257 g/mol. The van der Waals surface area contributed by atoms with E-state index in [2.05, 4.69) is 14.9 Å². The van der Waals surface area contributed by atoms with E-state index in [9.17, 15) is 4.79 Å². The highest BCUT2D eigenvalue weighted by atomic mass is 16.5. The smallest absolute Gasteiger partial charge is 0.322 e. The molecule has 0 radical (unpaired) electrons. The minimum atomic E-state index is -0.626. The second-order valence-electron chi connectivity index (χ2n) is 4.16. The molecular formula is C14H15N3O2. The monoisotopic (exact) mass is 257 g/mol. The molecule has 0 aliphatic heterocycles. The Bertz CT molecular complexity index is 540. The van der Waals surface area contributed by atoms with Crippen LogP contribution in [0.2, 0.25) is 0 Å². The number of rotatable bonds is 4. The number of hydrogen-bond acceptors (Lipinski definition) is 5. The Balaban J connectivity index is 2.09. The zero-order valence-electron chi connectivity index (χ0n) is 10.6. The molecule has 2 N–H and O–H groups in total. The Morgan fingerprint density at radius 2 is 1.95 bits per heavy atom. The molecule has 1 aromatic carbocycles. The van der Waals surface area contributed by atoms with Gasteiger partial charge in [-0.05, 0) is 23.6 Å². The van der Waals surface area contributed by atoms with Gasteiger partial charge < -0.3 is 10.5 Å². The van der Waals surface area contributed by atoms with Crippen LogP contribution in [0.4, 0.5) is 0 Å². The van der Waals surface area contributed by atoms with E-state index >= 15 is 0 Å². The summed E-state index contributed by atoms with van der Waals surface area (Å²) in [5, 5.41) is 7.57. The topological polar surface area (TPSA) is 78.1 Å². The summed E-state index contributed by atoms with van der Waals surface area (Å²) in [4.78, 5) is 11.2. The largest absolute Gasteiger partial charge is 0.468 e. The molecular weight excluding hydrogens is 242 g/mol. The first-order chi connectivity index (χ1) is 9.20. The molecule has 5 nitrogen and oxygen atoms in total. The summed E-state index contributed by atoms with van der Waals surface area (Å²) >= 11 is 0. The molecule has 5 heteroatoms. The number of nitrogens with zero attached hydrogens (tertiary/aromatic N) is 2. The van der Waals surface area contributed by atoms with Crippen molar-refractivity contribution >= 4 is 5.97 Å². The molecule has 0 amide bonds.